The zero-order chi connectivity index (χ0) is 14.2. The first-order valence-electron chi connectivity index (χ1n) is 6.01. The van der Waals surface area contributed by atoms with E-state index in [1.807, 2.05) is 45.0 Å². The minimum atomic E-state index is -1.11. The second kappa shape index (κ2) is 5.05. The molecular weight excluding hydrogens is 264 g/mol. The van der Waals surface area contributed by atoms with Gasteiger partial charge in [0.05, 0.1) is 16.4 Å². The number of hydrogen-bond acceptors (Lipinski definition) is 2. The monoisotopic (exact) mass is 278 g/mol. The summed E-state index contributed by atoms with van der Waals surface area (Å²) < 4.78 is 1.63. The van der Waals surface area contributed by atoms with Crippen LogP contribution in [0.3, 0.4) is 0 Å². The van der Waals surface area contributed by atoms with Gasteiger partial charge in [0, 0.05) is 0 Å². The Morgan fingerprint density at radius 2 is 2.00 bits per heavy atom. The van der Waals surface area contributed by atoms with Crippen LogP contribution in [0.2, 0.25) is 5.02 Å². The summed E-state index contributed by atoms with van der Waals surface area (Å²) in [4.78, 5) is 11.2. The second-order valence-corrected chi connectivity index (χ2v) is 5.08. The molecule has 0 fully saturated rings. The average molecular weight is 279 g/mol. The summed E-state index contributed by atoms with van der Waals surface area (Å²) >= 11 is 6.16. The molecule has 0 unspecified atom stereocenters. The molecule has 0 radical (unpaired) electrons. The summed E-state index contributed by atoms with van der Waals surface area (Å²) in [5.74, 6) is -1.04. The molecule has 0 aliphatic heterocycles. The Morgan fingerprint density at radius 3 is 2.53 bits per heavy atom. The lowest BCUT2D eigenvalue weighted by Gasteiger charge is -2.12. The summed E-state index contributed by atoms with van der Waals surface area (Å²) in [6.07, 6.45) is 0. The summed E-state index contributed by atoms with van der Waals surface area (Å²) in [5.41, 5.74) is 2.48. The largest absolute Gasteiger partial charge is 0.476 e. The van der Waals surface area contributed by atoms with Gasteiger partial charge in [-0.05, 0) is 24.5 Å². The first kappa shape index (κ1) is 13.6. The number of benzene rings is 1. The van der Waals surface area contributed by atoms with Gasteiger partial charge >= 0.3 is 5.97 Å². The lowest BCUT2D eigenvalue weighted by Crippen LogP contribution is -2.06. The van der Waals surface area contributed by atoms with Crippen molar-refractivity contribution in [2.75, 3.05) is 0 Å². The minimum Gasteiger partial charge on any atom is -0.476 e. The summed E-state index contributed by atoms with van der Waals surface area (Å²) in [5, 5.41) is 13.5. The number of aryl methyl sites for hydroxylation is 1. The molecule has 1 N–H and O–H groups in total. The lowest BCUT2D eigenvalue weighted by atomic mass is 10.1. The summed E-state index contributed by atoms with van der Waals surface area (Å²) in [7, 11) is 0. The molecule has 1 aromatic heterocycles. The van der Waals surface area contributed by atoms with Crippen LogP contribution in [0, 0.1) is 6.92 Å². The summed E-state index contributed by atoms with van der Waals surface area (Å²) in [6, 6.07) is 7.67. The van der Waals surface area contributed by atoms with Crippen molar-refractivity contribution >= 4 is 17.6 Å². The van der Waals surface area contributed by atoms with Gasteiger partial charge < -0.3 is 5.11 Å². The minimum absolute atomic E-state index is 0.0766. The van der Waals surface area contributed by atoms with E-state index in [-0.39, 0.29) is 16.6 Å². The number of aromatic nitrogens is 2. The van der Waals surface area contributed by atoms with Crippen LogP contribution in [0.5, 0.6) is 0 Å². The van der Waals surface area contributed by atoms with Crippen LogP contribution >= 0.6 is 11.6 Å². The molecule has 0 bridgehead atoms. The number of rotatable bonds is 3. The fraction of sp³-hybridized carbons (Fsp3) is 0.286. The first-order valence-corrected chi connectivity index (χ1v) is 6.39. The van der Waals surface area contributed by atoms with Crippen LogP contribution in [0.25, 0.3) is 5.69 Å². The van der Waals surface area contributed by atoms with E-state index >= 15 is 0 Å². The molecule has 5 heteroatoms. The smallest absolute Gasteiger partial charge is 0.358 e. The van der Waals surface area contributed by atoms with Gasteiger partial charge in [-0.25, -0.2) is 9.48 Å². The number of aromatic carboxylic acids is 1. The Bertz CT molecular complexity index is 632. The number of carbonyl (C=O) groups is 1. The third-order valence-electron chi connectivity index (χ3n) is 2.95. The standard InChI is InChI=1S/C14H15ClN2O2/c1-8(2)13-11(15)12(14(18)19)16-17(13)10-7-5-4-6-9(10)3/h4-8H,1-3H3,(H,18,19). The van der Waals surface area contributed by atoms with Crippen molar-refractivity contribution in [1.29, 1.82) is 0 Å². The highest BCUT2D eigenvalue weighted by Crippen LogP contribution is 2.30. The maximum absolute atomic E-state index is 11.2. The number of nitrogens with zero attached hydrogens (tertiary/aromatic N) is 2. The second-order valence-electron chi connectivity index (χ2n) is 4.71. The molecule has 0 aliphatic carbocycles. The van der Waals surface area contributed by atoms with Gasteiger partial charge in [0.15, 0.2) is 5.69 Å². The van der Waals surface area contributed by atoms with E-state index in [4.69, 9.17) is 16.7 Å². The molecule has 1 aromatic carbocycles. The van der Waals surface area contributed by atoms with E-state index in [9.17, 15) is 4.79 Å². The highest BCUT2D eigenvalue weighted by atomic mass is 35.5. The number of hydrogen-bond donors (Lipinski definition) is 1. The van der Waals surface area contributed by atoms with Crippen LogP contribution in [-0.2, 0) is 0 Å². The molecule has 0 atom stereocenters. The number of carboxylic acids is 1. The third-order valence-corrected chi connectivity index (χ3v) is 3.33. The normalized spacial score (nSPS) is 11.0. The fourth-order valence-corrected chi connectivity index (χ4v) is 2.45. The Balaban J connectivity index is 2.73. The molecule has 19 heavy (non-hydrogen) atoms. The van der Waals surface area contributed by atoms with Crippen LogP contribution in [0.4, 0.5) is 0 Å². The van der Waals surface area contributed by atoms with Crippen LogP contribution < -0.4 is 0 Å². The zero-order valence-electron chi connectivity index (χ0n) is 11.0. The molecule has 100 valence electrons. The van der Waals surface area contributed by atoms with Gasteiger partial charge in [-0.1, -0.05) is 43.6 Å². The van der Waals surface area contributed by atoms with Gasteiger partial charge in [0.1, 0.15) is 0 Å². The van der Waals surface area contributed by atoms with E-state index in [0.717, 1.165) is 11.3 Å². The number of para-hydroxylation sites is 1. The Labute approximate surface area is 116 Å². The summed E-state index contributed by atoms with van der Waals surface area (Å²) in [6.45, 7) is 5.88. The van der Waals surface area contributed by atoms with E-state index in [1.165, 1.54) is 0 Å². The van der Waals surface area contributed by atoms with Crippen LogP contribution in [0.15, 0.2) is 24.3 Å². The molecule has 4 nitrogen and oxygen atoms in total. The van der Waals surface area contributed by atoms with Crippen molar-refractivity contribution in [3.63, 3.8) is 0 Å². The molecule has 1 heterocycles. The number of halogens is 1. The molecular formula is C14H15ClN2O2. The quantitative estimate of drug-likeness (QED) is 0.932. The Morgan fingerprint density at radius 1 is 1.37 bits per heavy atom. The van der Waals surface area contributed by atoms with Crippen molar-refractivity contribution in [3.8, 4) is 5.69 Å². The highest BCUT2D eigenvalue weighted by Gasteiger charge is 2.24. The first-order chi connectivity index (χ1) is 8.93. The maximum Gasteiger partial charge on any atom is 0.358 e. The third kappa shape index (κ3) is 2.36. The molecule has 0 saturated carbocycles. The zero-order valence-corrected chi connectivity index (χ0v) is 11.8. The Kier molecular flexibility index (Phi) is 3.62. The highest BCUT2D eigenvalue weighted by molar-refractivity contribution is 6.34. The van der Waals surface area contributed by atoms with Crippen molar-refractivity contribution in [2.45, 2.75) is 26.7 Å². The molecule has 2 aromatic rings. The van der Waals surface area contributed by atoms with E-state index in [1.54, 1.807) is 4.68 Å². The molecule has 0 aliphatic rings. The predicted octanol–water partition coefficient (Wildman–Crippen LogP) is 3.66. The van der Waals surface area contributed by atoms with E-state index in [2.05, 4.69) is 5.10 Å². The van der Waals surface area contributed by atoms with Gasteiger partial charge in [-0.2, -0.15) is 5.10 Å². The Hall–Kier alpha value is -1.81. The lowest BCUT2D eigenvalue weighted by molar-refractivity contribution is 0.0690. The average Bonchev–Trinajstić information content (AvgIpc) is 2.67. The van der Waals surface area contributed by atoms with Crippen molar-refractivity contribution < 1.29 is 9.90 Å². The molecule has 0 spiro atoms. The SMILES string of the molecule is Cc1ccccc1-n1nc(C(=O)O)c(Cl)c1C(C)C. The fourth-order valence-electron chi connectivity index (χ4n) is 2.03. The molecule has 0 amide bonds. The van der Waals surface area contributed by atoms with Crippen LogP contribution in [-0.4, -0.2) is 20.9 Å². The number of carboxylic acid groups (broad SMARTS) is 1. The van der Waals surface area contributed by atoms with Gasteiger partial charge in [-0.15, -0.1) is 0 Å². The van der Waals surface area contributed by atoms with E-state index < -0.39 is 5.97 Å². The van der Waals surface area contributed by atoms with Crippen LogP contribution in [0.1, 0.15) is 41.5 Å². The predicted molar refractivity (Wildman–Crippen MR) is 74.4 cm³/mol. The van der Waals surface area contributed by atoms with Crippen molar-refractivity contribution in [3.05, 3.63) is 46.2 Å². The van der Waals surface area contributed by atoms with Crippen molar-refractivity contribution in [2.24, 2.45) is 0 Å². The van der Waals surface area contributed by atoms with E-state index in [0.29, 0.717) is 5.69 Å². The molecule has 0 saturated heterocycles. The topological polar surface area (TPSA) is 55.1 Å². The van der Waals surface area contributed by atoms with Gasteiger partial charge in [0.2, 0.25) is 0 Å². The maximum atomic E-state index is 11.2. The van der Waals surface area contributed by atoms with Gasteiger partial charge in [0.25, 0.3) is 0 Å². The van der Waals surface area contributed by atoms with Crippen molar-refractivity contribution in [1.82, 2.24) is 9.78 Å². The van der Waals surface area contributed by atoms with Gasteiger partial charge in [-0.3, -0.25) is 0 Å². The molecule has 2 rings (SSSR count).